The van der Waals surface area contributed by atoms with Gasteiger partial charge >= 0.3 is 0 Å². The minimum Gasteiger partial charge on any atom is -0.492 e. The van der Waals surface area contributed by atoms with Gasteiger partial charge in [-0.25, -0.2) is 0 Å². The van der Waals surface area contributed by atoms with Gasteiger partial charge in [0.25, 0.3) is 0 Å². The maximum absolute atomic E-state index is 13.7. The number of piperidine rings is 1. The third kappa shape index (κ3) is 8.32. The number of amides is 2. The first-order valence-electron chi connectivity index (χ1n) is 15.2. The van der Waals surface area contributed by atoms with Gasteiger partial charge < -0.3 is 19.4 Å². The lowest BCUT2D eigenvalue weighted by atomic mass is 9.82. The lowest BCUT2D eigenvalue weighted by Gasteiger charge is -2.50. The molecule has 0 aromatic heterocycles. The first-order valence-corrected chi connectivity index (χ1v) is 15.2. The van der Waals surface area contributed by atoms with Crippen molar-refractivity contribution in [2.75, 3.05) is 60.0 Å². The van der Waals surface area contributed by atoms with Gasteiger partial charge in [0.2, 0.25) is 11.8 Å². The second-order valence-corrected chi connectivity index (χ2v) is 13.2. The Labute approximate surface area is 247 Å². The Morgan fingerprint density at radius 2 is 1.56 bits per heavy atom. The number of piperazine rings is 1. The zero-order valence-electron chi connectivity index (χ0n) is 26.0. The van der Waals surface area contributed by atoms with Crippen LogP contribution in [0.3, 0.4) is 0 Å². The van der Waals surface area contributed by atoms with Crippen LogP contribution < -0.4 is 4.74 Å². The van der Waals surface area contributed by atoms with Crippen LogP contribution in [0.25, 0.3) is 0 Å². The Kier molecular flexibility index (Phi) is 10.5. The summed E-state index contributed by atoms with van der Waals surface area (Å²) in [6, 6.07) is 19.5. The molecule has 0 aliphatic carbocycles. The van der Waals surface area contributed by atoms with Gasteiger partial charge in [0.05, 0.1) is 6.04 Å². The van der Waals surface area contributed by atoms with Crippen LogP contribution in [0.15, 0.2) is 54.6 Å². The van der Waals surface area contributed by atoms with Crippen molar-refractivity contribution in [2.24, 2.45) is 11.3 Å². The Balaban J connectivity index is 1.49. The van der Waals surface area contributed by atoms with Crippen molar-refractivity contribution < 1.29 is 14.3 Å². The van der Waals surface area contributed by atoms with Gasteiger partial charge in [0.1, 0.15) is 12.4 Å². The van der Waals surface area contributed by atoms with Crippen molar-refractivity contribution >= 4 is 11.8 Å². The Hall–Kier alpha value is -2.90. The van der Waals surface area contributed by atoms with Gasteiger partial charge in [-0.05, 0) is 61.5 Å². The predicted octanol–water partition coefficient (Wildman–Crippen LogP) is 4.92. The second kappa shape index (κ2) is 13.8. The van der Waals surface area contributed by atoms with E-state index in [4.69, 9.17) is 4.74 Å². The van der Waals surface area contributed by atoms with Crippen LogP contribution in [0, 0.1) is 11.3 Å². The molecule has 2 unspecified atom stereocenters. The molecule has 0 saturated carbocycles. The number of ether oxygens (including phenoxy) is 1. The summed E-state index contributed by atoms with van der Waals surface area (Å²) in [6.45, 7) is 13.8. The number of carbonyl (C=O) groups is 2. The molecule has 0 radical (unpaired) electrons. The summed E-state index contributed by atoms with van der Waals surface area (Å²) < 4.78 is 5.97. The van der Waals surface area contributed by atoms with Crippen molar-refractivity contribution in [1.82, 2.24) is 19.6 Å². The molecule has 2 aromatic carbocycles. The van der Waals surface area contributed by atoms with Crippen LogP contribution in [-0.2, 0) is 9.59 Å². The zero-order valence-corrected chi connectivity index (χ0v) is 26.0. The van der Waals surface area contributed by atoms with E-state index in [9.17, 15) is 9.59 Å². The van der Waals surface area contributed by atoms with Gasteiger partial charge in [0.15, 0.2) is 0 Å². The van der Waals surface area contributed by atoms with E-state index in [-0.39, 0.29) is 29.3 Å². The molecular formula is C34H50N4O3. The monoisotopic (exact) mass is 562 g/mol. The van der Waals surface area contributed by atoms with Crippen molar-refractivity contribution in [3.63, 3.8) is 0 Å². The maximum Gasteiger partial charge on any atom is 0.223 e. The van der Waals surface area contributed by atoms with Gasteiger partial charge in [-0.3, -0.25) is 14.5 Å². The number of rotatable bonds is 9. The topological polar surface area (TPSA) is 56.3 Å². The van der Waals surface area contributed by atoms with E-state index in [1.165, 1.54) is 11.1 Å². The highest BCUT2D eigenvalue weighted by Crippen LogP contribution is 2.36. The van der Waals surface area contributed by atoms with Crippen molar-refractivity contribution in [2.45, 2.75) is 59.0 Å². The zero-order chi connectivity index (χ0) is 29.6. The molecule has 2 atom stereocenters. The standard InChI is InChI=1S/C34H50N4O3/c1-26(39)36-18-16-27(17-19-36)24-32(40)38-21-20-37(25-31(38)34(2,3)4)33(28-10-8-7-9-11-28)29-12-14-30(15-13-29)41-23-22-35(5)6/h7-15,27,31,33H,16-25H2,1-6H3. The van der Waals surface area contributed by atoms with Crippen molar-refractivity contribution in [3.05, 3.63) is 65.7 Å². The highest BCUT2D eigenvalue weighted by Gasteiger charge is 2.40. The van der Waals surface area contributed by atoms with Crippen molar-refractivity contribution in [3.8, 4) is 5.75 Å². The van der Waals surface area contributed by atoms with Crippen LogP contribution >= 0.6 is 0 Å². The normalized spacial score (nSPS) is 19.8. The van der Waals surface area contributed by atoms with E-state index in [0.29, 0.717) is 18.9 Å². The molecule has 0 spiro atoms. The molecule has 7 nitrogen and oxygen atoms in total. The number of benzene rings is 2. The first-order chi connectivity index (χ1) is 19.5. The minimum absolute atomic E-state index is 0.0578. The summed E-state index contributed by atoms with van der Waals surface area (Å²) >= 11 is 0. The molecule has 41 heavy (non-hydrogen) atoms. The van der Waals surface area contributed by atoms with Crippen LogP contribution in [0.4, 0.5) is 0 Å². The maximum atomic E-state index is 13.7. The van der Waals surface area contributed by atoms with E-state index >= 15 is 0 Å². The number of hydrogen-bond donors (Lipinski definition) is 0. The Morgan fingerprint density at radius 1 is 0.927 bits per heavy atom. The molecule has 224 valence electrons. The molecule has 0 N–H and O–H groups in total. The number of likely N-dealkylation sites (tertiary alicyclic amines) is 1. The van der Waals surface area contributed by atoms with Crippen LogP contribution in [0.2, 0.25) is 0 Å². The van der Waals surface area contributed by atoms with Crippen LogP contribution in [0.1, 0.15) is 64.1 Å². The fourth-order valence-electron chi connectivity index (χ4n) is 6.24. The summed E-state index contributed by atoms with van der Waals surface area (Å²) in [5, 5.41) is 0. The summed E-state index contributed by atoms with van der Waals surface area (Å²) in [5.74, 6) is 1.64. The third-order valence-electron chi connectivity index (χ3n) is 8.74. The highest BCUT2D eigenvalue weighted by molar-refractivity contribution is 5.77. The van der Waals surface area contributed by atoms with Crippen LogP contribution in [0.5, 0.6) is 5.75 Å². The number of hydrogen-bond acceptors (Lipinski definition) is 5. The van der Waals surface area contributed by atoms with Gasteiger partial charge in [0, 0.05) is 58.7 Å². The molecule has 2 fully saturated rings. The second-order valence-electron chi connectivity index (χ2n) is 13.2. The molecule has 7 heteroatoms. The number of carbonyl (C=O) groups excluding carboxylic acids is 2. The SMILES string of the molecule is CC(=O)N1CCC(CC(=O)N2CCN(C(c3ccccc3)c3ccc(OCCN(C)C)cc3)CC2C(C)(C)C)CC1. The van der Waals surface area contributed by atoms with Crippen molar-refractivity contribution in [1.29, 1.82) is 0 Å². The fourth-order valence-corrected chi connectivity index (χ4v) is 6.24. The Morgan fingerprint density at radius 3 is 2.15 bits per heavy atom. The van der Waals surface area contributed by atoms with E-state index < -0.39 is 0 Å². The van der Waals surface area contributed by atoms with E-state index in [1.54, 1.807) is 6.92 Å². The first kappa shape index (κ1) is 31.0. The van der Waals surface area contributed by atoms with Gasteiger partial charge in [-0.2, -0.15) is 0 Å². The largest absolute Gasteiger partial charge is 0.492 e. The minimum atomic E-state index is -0.0578. The Bertz CT molecular complexity index is 1120. The molecule has 2 amide bonds. The molecule has 2 aromatic rings. The molecule has 2 aliphatic heterocycles. The molecule has 2 heterocycles. The molecular weight excluding hydrogens is 512 g/mol. The molecule has 4 rings (SSSR count). The van der Waals surface area contributed by atoms with E-state index in [1.807, 2.05) is 19.0 Å². The smallest absolute Gasteiger partial charge is 0.223 e. The summed E-state index contributed by atoms with van der Waals surface area (Å²) in [4.78, 5) is 34.2. The van der Waals surface area contributed by atoms with Gasteiger partial charge in [-0.15, -0.1) is 0 Å². The molecule has 2 saturated heterocycles. The summed E-state index contributed by atoms with van der Waals surface area (Å²) in [6.07, 6.45) is 2.41. The number of nitrogens with zero attached hydrogens (tertiary/aromatic N) is 4. The number of likely N-dealkylation sites (N-methyl/N-ethyl adjacent to an activating group) is 1. The van der Waals surface area contributed by atoms with E-state index in [0.717, 1.165) is 57.9 Å². The predicted molar refractivity (Wildman–Crippen MR) is 165 cm³/mol. The van der Waals surface area contributed by atoms with E-state index in [2.05, 4.69) is 90.1 Å². The third-order valence-corrected chi connectivity index (χ3v) is 8.74. The highest BCUT2D eigenvalue weighted by atomic mass is 16.5. The van der Waals surface area contributed by atoms with Gasteiger partial charge in [-0.1, -0.05) is 63.2 Å². The molecule has 2 aliphatic rings. The molecule has 0 bridgehead atoms. The van der Waals surface area contributed by atoms with Crippen LogP contribution in [-0.4, -0.2) is 97.4 Å². The quantitative estimate of drug-likeness (QED) is 0.434. The summed E-state index contributed by atoms with van der Waals surface area (Å²) in [7, 11) is 4.10. The fraction of sp³-hybridized carbons (Fsp3) is 0.588. The lowest BCUT2D eigenvalue weighted by molar-refractivity contribution is -0.141. The lowest BCUT2D eigenvalue weighted by Crippen LogP contribution is -2.60. The average Bonchev–Trinajstić information content (AvgIpc) is 2.94. The average molecular weight is 563 g/mol. The summed E-state index contributed by atoms with van der Waals surface area (Å²) in [5.41, 5.74) is 2.44.